The van der Waals surface area contributed by atoms with E-state index in [2.05, 4.69) is 4.31 Å². The molecule has 0 fully saturated rings. The Morgan fingerprint density at radius 2 is 1.07 bits per heavy atom. The molecule has 2 aromatic heterocycles. The second-order valence-corrected chi connectivity index (χ2v) is 20.3. The Bertz CT molecular complexity index is 1900. The molecule has 0 bridgehead atoms. The van der Waals surface area contributed by atoms with Gasteiger partial charge in [-0.2, -0.15) is 9.44 Å². The summed E-state index contributed by atoms with van der Waals surface area (Å²) in [5, 5.41) is 1.22. The molecule has 0 spiro atoms. The molecule has 248 valence electrons. The molecule has 0 aliphatic rings. The molecule has 13 nitrogen and oxygen atoms in total. The van der Waals surface area contributed by atoms with Crippen LogP contribution in [0.3, 0.4) is 0 Å². The Hall–Kier alpha value is -0.720. The summed E-state index contributed by atoms with van der Waals surface area (Å²) in [5.74, 6) is 1.13. The van der Waals surface area contributed by atoms with Crippen LogP contribution in [0.15, 0.2) is 44.8 Å². The lowest BCUT2D eigenvalue weighted by Gasteiger charge is -2.17. The van der Waals surface area contributed by atoms with Crippen LogP contribution in [0.25, 0.3) is 20.2 Å². The predicted molar refractivity (Wildman–Crippen MR) is 177 cm³/mol. The molecular weight excluding hydrogens is 800 g/mol. The van der Waals surface area contributed by atoms with E-state index >= 15 is 0 Å². The van der Waals surface area contributed by atoms with Gasteiger partial charge >= 0.3 is 15.2 Å². The SMILES string of the molecule is O=P(O)(CNS(=O)(=O)c1cc2cc(OCCCl)cc(Cl)c2s1)OP(=O)(O)CNS(=O)(=O)c1cc2cc(OCCCl)cc(Cl)c2s1. The zero-order valence-electron chi connectivity index (χ0n) is 22.3. The highest BCUT2D eigenvalue weighted by Gasteiger charge is 2.35. The third-order valence-corrected chi connectivity index (χ3v) is 16.3. The number of rotatable bonds is 16. The van der Waals surface area contributed by atoms with Gasteiger partial charge < -0.3 is 19.3 Å². The van der Waals surface area contributed by atoms with Gasteiger partial charge in [0.1, 0.15) is 45.7 Å². The highest BCUT2D eigenvalue weighted by atomic mass is 35.5. The Balaban J connectivity index is 1.40. The third-order valence-electron chi connectivity index (χ3n) is 5.43. The monoisotopic (exact) mass is 820 g/mol. The Kier molecular flexibility index (Phi) is 12.2. The average molecular weight is 822 g/mol. The van der Waals surface area contributed by atoms with Crippen LogP contribution in [-0.2, 0) is 33.5 Å². The summed E-state index contributed by atoms with van der Waals surface area (Å²) >= 11 is 25.2. The predicted octanol–water partition coefficient (Wildman–Crippen LogP) is 6.22. The molecule has 0 saturated carbocycles. The molecule has 2 heterocycles. The first-order valence-corrected chi connectivity index (χ1v) is 22.1. The lowest BCUT2D eigenvalue weighted by atomic mass is 10.2. The average Bonchev–Trinajstić information content (AvgIpc) is 3.59. The third kappa shape index (κ3) is 9.68. The quantitative estimate of drug-likeness (QED) is 0.0741. The smallest absolute Gasteiger partial charge is 0.350 e. The number of sulfonamides is 2. The van der Waals surface area contributed by atoms with Crippen LogP contribution in [0.2, 0.25) is 10.0 Å². The minimum atomic E-state index is -5.12. The number of hydrogen-bond acceptors (Lipinski definition) is 11. The largest absolute Gasteiger partial charge is 0.492 e. The molecule has 2 aromatic carbocycles. The van der Waals surface area contributed by atoms with E-state index in [0.717, 1.165) is 22.7 Å². The molecule has 45 heavy (non-hydrogen) atoms. The van der Waals surface area contributed by atoms with Crippen LogP contribution in [0.5, 0.6) is 11.5 Å². The molecule has 0 aliphatic carbocycles. The van der Waals surface area contributed by atoms with Gasteiger partial charge in [-0.05, 0) is 35.0 Å². The van der Waals surface area contributed by atoms with E-state index in [1.54, 1.807) is 0 Å². The van der Waals surface area contributed by atoms with Gasteiger partial charge in [-0.3, -0.25) is 9.13 Å². The molecule has 23 heteroatoms. The van der Waals surface area contributed by atoms with Crippen LogP contribution in [0.1, 0.15) is 0 Å². The van der Waals surface area contributed by atoms with Crippen molar-refractivity contribution in [3.8, 4) is 11.5 Å². The summed E-state index contributed by atoms with van der Waals surface area (Å²) in [4.78, 5) is 20.3. The highest BCUT2D eigenvalue weighted by Crippen LogP contribution is 2.58. The van der Waals surface area contributed by atoms with Crippen LogP contribution in [0, 0.1) is 0 Å². The van der Waals surface area contributed by atoms with E-state index in [1.807, 2.05) is 9.44 Å². The van der Waals surface area contributed by atoms with Gasteiger partial charge in [0.25, 0.3) is 20.0 Å². The van der Waals surface area contributed by atoms with Crippen LogP contribution in [-0.4, -0.2) is 64.2 Å². The number of ether oxygens (including phenoxy) is 2. The van der Waals surface area contributed by atoms with E-state index in [9.17, 15) is 35.8 Å². The first-order chi connectivity index (χ1) is 20.9. The van der Waals surface area contributed by atoms with Crippen molar-refractivity contribution in [1.29, 1.82) is 0 Å². The van der Waals surface area contributed by atoms with E-state index in [4.69, 9.17) is 55.9 Å². The van der Waals surface area contributed by atoms with E-state index in [-0.39, 0.29) is 43.4 Å². The Morgan fingerprint density at radius 3 is 1.42 bits per heavy atom. The minimum Gasteiger partial charge on any atom is -0.492 e. The van der Waals surface area contributed by atoms with Crippen molar-refractivity contribution < 1.29 is 49.5 Å². The van der Waals surface area contributed by atoms with Gasteiger partial charge in [-0.1, -0.05) is 23.2 Å². The highest BCUT2D eigenvalue weighted by molar-refractivity contribution is 7.92. The van der Waals surface area contributed by atoms with Crippen molar-refractivity contribution in [2.45, 2.75) is 8.42 Å². The fraction of sp³-hybridized carbons (Fsp3) is 0.273. The second-order valence-electron chi connectivity index (χ2n) is 8.82. The van der Waals surface area contributed by atoms with E-state index in [1.165, 1.54) is 36.4 Å². The van der Waals surface area contributed by atoms with Crippen molar-refractivity contribution in [2.75, 3.05) is 37.5 Å². The number of alkyl halides is 2. The fourth-order valence-corrected chi connectivity index (χ4v) is 13.3. The molecule has 4 N–H and O–H groups in total. The maximum absolute atomic E-state index is 12.8. The molecule has 0 radical (unpaired) electrons. The number of halogens is 4. The Morgan fingerprint density at radius 1 is 0.689 bits per heavy atom. The summed E-state index contributed by atoms with van der Waals surface area (Å²) in [5.41, 5.74) is 0. The van der Waals surface area contributed by atoms with Crippen molar-refractivity contribution >= 4 is 124 Å². The molecular formula is C22H22Cl4N2O11P2S4. The number of fused-ring (bicyclic) bond motifs is 2. The first-order valence-electron chi connectivity index (χ1n) is 12.1. The van der Waals surface area contributed by atoms with Gasteiger partial charge in [0.15, 0.2) is 0 Å². The maximum Gasteiger partial charge on any atom is 0.350 e. The normalized spacial score (nSPS) is 15.2. The summed E-state index contributed by atoms with van der Waals surface area (Å²) in [6.07, 6.45) is -2.61. The topological polar surface area (TPSA) is 195 Å². The number of thiophene rings is 2. The standard InChI is InChI=1S/C22H22Cl4N2O11P2S4/c23-1-3-37-15-5-13-7-19(42-21(13)17(25)9-15)44(33,34)27-11-40(29,30)39-41(31,32)12-28-45(35,36)20-8-14-6-16(38-4-2-24)10-18(26)22(14)43-20/h5-10,27-28H,1-4,11-12H2,(H,29,30)(H,31,32). The lowest BCUT2D eigenvalue weighted by molar-refractivity contribution is 0.330. The summed E-state index contributed by atoms with van der Waals surface area (Å²) < 4.78 is 95.7. The van der Waals surface area contributed by atoms with Gasteiger partial charge in [0.2, 0.25) is 0 Å². The number of hydrogen-bond donors (Lipinski definition) is 4. The zero-order chi connectivity index (χ0) is 33.2. The van der Waals surface area contributed by atoms with Crippen molar-refractivity contribution in [1.82, 2.24) is 9.44 Å². The molecule has 0 saturated heterocycles. The van der Waals surface area contributed by atoms with Gasteiger partial charge in [0.05, 0.1) is 31.2 Å². The summed E-state index contributed by atoms with van der Waals surface area (Å²) in [6.45, 7) is 0.378. The zero-order valence-corrected chi connectivity index (χ0v) is 30.4. The van der Waals surface area contributed by atoms with Crippen LogP contribution >= 0.6 is 84.3 Å². The second kappa shape index (κ2) is 14.8. The van der Waals surface area contributed by atoms with Gasteiger partial charge in [0, 0.05) is 12.1 Å². The molecule has 2 unspecified atom stereocenters. The summed E-state index contributed by atoms with van der Waals surface area (Å²) in [7, 11) is -19.1. The number of nitrogens with one attached hydrogen (secondary N) is 2. The molecule has 2 atom stereocenters. The molecule has 0 amide bonds. The van der Waals surface area contributed by atoms with Crippen molar-refractivity contribution in [3.05, 3.63) is 46.4 Å². The molecule has 4 rings (SSSR count). The summed E-state index contributed by atoms with van der Waals surface area (Å²) in [6, 6.07) is 8.54. The lowest BCUT2D eigenvalue weighted by Crippen LogP contribution is -2.26. The molecule has 0 aliphatic heterocycles. The van der Waals surface area contributed by atoms with Gasteiger partial charge in [-0.15, -0.1) is 45.9 Å². The van der Waals surface area contributed by atoms with E-state index < -0.39 is 47.8 Å². The Labute approximate surface area is 285 Å². The van der Waals surface area contributed by atoms with Crippen molar-refractivity contribution in [3.63, 3.8) is 0 Å². The maximum atomic E-state index is 12.8. The minimum absolute atomic E-state index is 0.189. The van der Waals surface area contributed by atoms with Crippen molar-refractivity contribution in [2.24, 2.45) is 0 Å². The number of benzene rings is 2. The van der Waals surface area contributed by atoms with Crippen LogP contribution in [0.4, 0.5) is 0 Å². The van der Waals surface area contributed by atoms with Crippen LogP contribution < -0.4 is 18.9 Å². The molecule has 4 aromatic rings. The van der Waals surface area contributed by atoms with Gasteiger partial charge in [-0.25, -0.2) is 21.1 Å². The first kappa shape index (κ1) is 37.1. The fourth-order valence-electron chi connectivity index (χ4n) is 3.60. The van der Waals surface area contributed by atoms with E-state index in [0.29, 0.717) is 31.7 Å².